The highest BCUT2D eigenvalue weighted by atomic mass is 32.1. The van der Waals surface area contributed by atoms with Crippen molar-refractivity contribution in [2.75, 3.05) is 5.32 Å². The van der Waals surface area contributed by atoms with Gasteiger partial charge in [-0.1, -0.05) is 17.8 Å². The number of aryl methyl sites for hydroxylation is 2. The van der Waals surface area contributed by atoms with Crippen LogP contribution in [-0.4, -0.2) is 10.5 Å². The summed E-state index contributed by atoms with van der Waals surface area (Å²) in [5.74, 6) is -0.110. The van der Waals surface area contributed by atoms with Crippen molar-refractivity contribution in [3.8, 4) is 0 Å². The number of rotatable bonds is 3. The molecule has 2 aromatic rings. The fourth-order valence-corrected chi connectivity index (χ4v) is 5.19. The summed E-state index contributed by atoms with van der Waals surface area (Å²) in [5.41, 5.74) is 3.44. The summed E-state index contributed by atoms with van der Waals surface area (Å²) >= 11 is 2.92. The Labute approximate surface area is 144 Å². The highest BCUT2D eigenvalue weighted by Gasteiger charge is 2.19. The molecule has 0 saturated carbocycles. The van der Waals surface area contributed by atoms with Crippen LogP contribution in [0.3, 0.4) is 0 Å². The Morgan fingerprint density at radius 1 is 1.09 bits per heavy atom. The zero-order chi connectivity index (χ0) is 16.6. The van der Waals surface area contributed by atoms with E-state index in [1.54, 1.807) is 15.9 Å². The van der Waals surface area contributed by atoms with Crippen molar-refractivity contribution in [2.24, 2.45) is 0 Å². The number of anilines is 1. The molecule has 0 radical (unpaired) electrons. The minimum Gasteiger partial charge on any atom is -0.316 e. The first kappa shape index (κ1) is 16.5. The van der Waals surface area contributed by atoms with Crippen molar-refractivity contribution in [2.45, 2.75) is 59.4 Å². The number of thiophene rings is 1. The van der Waals surface area contributed by atoms with Crippen molar-refractivity contribution >= 4 is 33.6 Å². The van der Waals surface area contributed by atoms with Crippen LogP contribution in [0.2, 0.25) is 0 Å². The lowest BCUT2D eigenvalue weighted by Crippen LogP contribution is -2.26. The molecule has 3 rings (SSSR count). The van der Waals surface area contributed by atoms with E-state index in [-0.39, 0.29) is 17.3 Å². The standard InChI is InChI=1S/C17H22N2O2S2/c1-10-11(2)16(22-12(10)3)18-15(20)9-19-13-7-5-4-6-8-14(13)23-17(19)21/h4-9H2,1-3H3,(H,18,20). The van der Waals surface area contributed by atoms with Crippen molar-refractivity contribution < 1.29 is 4.79 Å². The Kier molecular flexibility index (Phi) is 4.73. The van der Waals surface area contributed by atoms with Crippen LogP contribution in [0.1, 0.15) is 45.8 Å². The molecule has 0 fully saturated rings. The molecule has 6 heteroatoms. The Morgan fingerprint density at radius 2 is 1.83 bits per heavy atom. The van der Waals surface area contributed by atoms with Crippen LogP contribution in [-0.2, 0) is 24.2 Å². The summed E-state index contributed by atoms with van der Waals surface area (Å²) in [6, 6.07) is 0. The molecule has 2 aromatic heterocycles. The zero-order valence-electron chi connectivity index (χ0n) is 13.8. The molecule has 1 aliphatic carbocycles. The largest absolute Gasteiger partial charge is 0.316 e. The summed E-state index contributed by atoms with van der Waals surface area (Å²) < 4.78 is 1.68. The molecule has 1 aliphatic rings. The maximum absolute atomic E-state index is 12.4. The maximum atomic E-state index is 12.4. The van der Waals surface area contributed by atoms with E-state index in [1.807, 2.05) is 6.92 Å². The number of carbonyl (C=O) groups is 1. The number of thiazole rings is 1. The van der Waals surface area contributed by atoms with E-state index in [0.29, 0.717) is 0 Å². The van der Waals surface area contributed by atoms with Gasteiger partial charge < -0.3 is 5.32 Å². The zero-order valence-corrected chi connectivity index (χ0v) is 15.5. The van der Waals surface area contributed by atoms with Gasteiger partial charge in [0.2, 0.25) is 5.91 Å². The average molecular weight is 351 g/mol. The number of fused-ring (bicyclic) bond motifs is 1. The van der Waals surface area contributed by atoms with E-state index < -0.39 is 0 Å². The van der Waals surface area contributed by atoms with Crippen LogP contribution < -0.4 is 10.2 Å². The van der Waals surface area contributed by atoms with Gasteiger partial charge in [-0.05, 0) is 57.6 Å². The maximum Gasteiger partial charge on any atom is 0.308 e. The molecule has 0 saturated heterocycles. The lowest BCUT2D eigenvalue weighted by Gasteiger charge is -2.08. The first-order valence-corrected chi connectivity index (χ1v) is 9.68. The molecule has 0 aliphatic heterocycles. The smallest absolute Gasteiger partial charge is 0.308 e. The summed E-state index contributed by atoms with van der Waals surface area (Å²) in [5, 5.41) is 3.89. The van der Waals surface area contributed by atoms with Gasteiger partial charge in [0, 0.05) is 15.4 Å². The van der Waals surface area contributed by atoms with E-state index in [1.165, 1.54) is 33.1 Å². The molecule has 0 spiro atoms. The third kappa shape index (κ3) is 3.28. The van der Waals surface area contributed by atoms with Crippen LogP contribution in [0.4, 0.5) is 5.00 Å². The van der Waals surface area contributed by atoms with Crippen LogP contribution in [0, 0.1) is 20.8 Å². The molecule has 124 valence electrons. The van der Waals surface area contributed by atoms with Gasteiger partial charge in [-0.25, -0.2) is 0 Å². The van der Waals surface area contributed by atoms with Gasteiger partial charge in [-0.15, -0.1) is 11.3 Å². The predicted octanol–water partition coefficient (Wildman–Crippen LogP) is 3.80. The Bertz CT molecular complexity index is 798. The van der Waals surface area contributed by atoms with E-state index in [9.17, 15) is 9.59 Å². The summed E-state index contributed by atoms with van der Waals surface area (Å²) in [6.45, 7) is 6.28. The second kappa shape index (κ2) is 6.61. The minimum atomic E-state index is -0.110. The number of nitrogens with zero attached hydrogens (tertiary/aromatic N) is 1. The average Bonchev–Trinajstić information content (AvgIpc) is 2.82. The Balaban J connectivity index is 1.79. The quantitative estimate of drug-likeness (QED) is 0.856. The Hall–Kier alpha value is -1.40. The molecule has 2 heterocycles. The molecule has 1 N–H and O–H groups in total. The highest BCUT2D eigenvalue weighted by molar-refractivity contribution is 7.16. The minimum absolute atomic E-state index is 0.00214. The van der Waals surface area contributed by atoms with Gasteiger partial charge in [0.05, 0.1) is 5.00 Å². The normalized spacial score (nSPS) is 14.4. The molecular formula is C17H22N2O2S2. The number of hydrogen-bond donors (Lipinski definition) is 1. The molecule has 0 bridgehead atoms. The van der Waals surface area contributed by atoms with Crippen molar-refractivity contribution in [1.82, 2.24) is 4.57 Å². The van der Waals surface area contributed by atoms with Crippen LogP contribution in [0.15, 0.2) is 4.79 Å². The van der Waals surface area contributed by atoms with Gasteiger partial charge in [0.25, 0.3) is 0 Å². The van der Waals surface area contributed by atoms with E-state index in [4.69, 9.17) is 0 Å². The molecular weight excluding hydrogens is 328 g/mol. The first-order valence-electron chi connectivity index (χ1n) is 8.05. The topological polar surface area (TPSA) is 51.1 Å². The molecule has 23 heavy (non-hydrogen) atoms. The summed E-state index contributed by atoms with van der Waals surface area (Å²) in [6.07, 6.45) is 5.35. The Morgan fingerprint density at radius 3 is 2.52 bits per heavy atom. The number of carbonyl (C=O) groups excluding carboxylic acids is 1. The fourth-order valence-electron chi connectivity index (χ4n) is 3.03. The van der Waals surface area contributed by atoms with Crippen LogP contribution in [0.5, 0.6) is 0 Å². The van der Waals surface area contributed by atoms with E-state index in [0.717, 1.165) is 41.9 Å². The fraction of sp³-hybridized carbons (Fsp3) is 0.529. The third-order valence-corrected chi connectivity index (χ3v) is 6.94. The molecule has 0 aromatic carbocycles. The van der Waals surface area contributed by atoms with Gasteiger partial charge in [0.1, 0.15) is 6.54 Å². The van der Waals surface area contributed by atoms with Gasteiger partial charge in [-0.3, -0.25) is 14.2 Å². The lowest BCUT2D eigenvalue weighted by atomic mass is 10.2. The second-order valence-corrected chi connectivity index (χ2v) is 8.44. The van der Waals surface area contributed by atoms with E-state index in [2.05, 4.69) is 19.2 Å². The third-order valence-electron chi connectivity index (χ3n) is 4.64. The van der Waals surface area contributed by atoms with Crippen LogP contribution in [0.25, 0.3) is 0 Å². The van der Waals surface area contributed by atoms with Gasteiger partial charge in [0.15, 0.2) is 0 Å². The lowest BCUT2D eigenvalue weighted by molar-refractivity contribution is -0.116. The number of amides is 1. The predicted molar refractivity (Wildman–Crippen MR) is 97.0 cm³/mol. The monoisotopic (exact) mass is 350 g/mol. The molecule has 0 unspecified atom stereocenters. The molecule has 0 atom stereocenters. The van der Waals surface area contributed by atoms with Crippen molar-refractivity contribution in [1.29, 1.82) is 0 Å². The number of nitrogens with one attached hydrogen (secondary N) is 1. The second-order valence-electron chi connectivity index (χ2n) is 6.17. The molecule has 1 amide bonds. The van der Waals surface area contributed by atoms with Crippen molar-refractivity contribution in [3.05, 3.63) is 36.2 Å². The summed E-state index contributed by atoms with van der Waals surface area (Å²) in [4.78, 5) is 27.1. The van der Waals surface area contributed by atoms with Gasteiger partial charge in [-0.2, -0.15) is 0 Å². The number of hydrogen-bond acceptors (Lipinski definition) is 4. The first-order chi connectivity index (χ1) is 11.0. The number of aromatic nitrogens is 1. The van der Waals surface area contributed by atoms with Gasteiger partial charge >= 0.3 is 4.87 Å². The SMILES string of the molecule is Cc1sc(NC(=O)Cn2c3c(sc2=O)CCCCC3)c(C)c1C. The highest BCUT2D eigenvalue weighted by Crippen LogP contribution is 2.31. The van der Waals surface area contributed by atoms with Crippen LogP contribution >= 0.6 is 22.7 Å². The molecule has 4 nitrogen and oxygen atoms in total. The van der Waals surface area contributed by atoms with E-state index >= 15 is 0 Å². The van der Waals surface area contributed by atoms with Crippen molar-refractivity contribution in [3.63, 3.8) is 0 Å². The summed E-state index contributed by atoms with van der Waals surface area (Å²) in [7, 11) is 0.